The van der Waals surface area contributed by atoms with Crippen molar-refractivity contribution in [3.05, 3.63) is 6.92 Å². The summed E-state index contributed by atoms with van der Waals surface area (Å²) in [7, 11) is 0. The van der Waals surface area contributed by atoms with E-state index in [1.807, 2.05) is 0 Å². The van der Waals surface area contributed by atoms with Crippen molar-refractivity contribution in [2.75, 3.05) is 0 Å². The van der Waals surface area contributed by atoms with Crippen LogP contribution in [0.1, 0.15) is 6.42 Å². The van der Waals surface area contributed by atoms with Gasteiger partial charge in [0.15, 0.2) is 0 Å². The first-order valence-corrected chi connectivity index (χ1v) is 3.03. The lowest BCUT2D eigenvalue weighted by molar-refractivity contribution is -0.135. The van der Waals surface area contributed by atoms with Gasteiger partial charge in [-0.15, -0.1) is 0 Å². The van der Waals surface area contributed by atoms with E-state index in [2.05, 4.69) is 6.92 Å². The highest BCUT2D eigenvalue weighted by atomic mass is 16.2. The predicted octanol–water partition coefficient (Wildman–Crippen LogP) is -0.726. The van der Waals surface area contributed by atoms with Crippen LogP contribution in [0.5, 0.6) is 0 Å². The molecule has 5 nitrogen and oxygen atoms in total. The van der Waals surface area contributed by atoms with Crippen molar-refractivity contribution in [1.29, 1.82) is 0 Å². The quantitative estimate of drug-likeness (QED) is 0.468. The molecule has 0 bridgehead atoms. The average Bonchev–Trinajstić information content (AvgIpc) is 2.07. The normalized spacial score (nSPS) is 24.5. The fourth-order valence-electron chi connectivity index (χ4n) is 0.926. The Morgan fingerprint density at radius 2 is 2.18 bits per heavy atom. The molecule has 4 amide bonds. The van der Waals surface area contributed by atoms with Gasteiger partial charge in [0.05, 0.1) is 0 Å². The molecule has 0 unspecified atom stereocenters. The van der Waals surface area contributed by atoms with Crippen LogP contribution in [0.3, 0.4) is 0 Å². The molecule has 1 rings (SSSR count). The smallest absolute Gasteiger partial charge is 0.328 e. The van der Waals surface area contributed by atoms with Crippen molar-refractivity contribution in [3.63, 3.8) is 0 Å². The van der Waals surface area contributed by atoms with Crippen LogP contribution in [0.15, 0.2) is 0 Å². The number of primary amides is 1. The fourth-order valence-corrected chi connectivity index (χ4v) is 0.926. The molecule has 1 fully saturated rings. The van der Waals surface area contributed by atoms with Crippen LogP contribution >= 0.6 is 0 Å². The number of urea groups is 1. The van der Waals surface area contributed by atoms with E-state index in [-0.39, 0.29) is 6.42 Å². The molecule has 1 aliphatic rings. The maximum Gasteiger partial charge on any atom is 0.328 e. The number of hydrogen-bond acceptors (Lipinski definition) is 3. The van der Waals surface area contributed by atoms with E-state index in [9.17, 15) is 14.4 Å². The zero-order chi connectivity index (χ0) is 8.59. The predicted molar refractivity (Wildman–Crippen MR) is 34.9 cm³/mol. The van der Waals surface area contributed by atoms with E-state index < -0.39 is 23.8 Å². The van der Waals surface area contributed by atoms with Gasteiger partial charge in [-0.1, -0.05) is 0 Å². The summed E-state index contributed by atoms with van der Waals surface area (Å²) in [6, 6.07) is -1.02. The number of imide groups is 3. The number of nitrogens with zero attached hydrogens (tertiary/aromatic N) is 1. The summed E-state index contributed by atoms with van der Waals surface area (Å²) in [5.41, 5.74) is 4.76. The van der Waals surface area contributed by atoms with Crippen LogP contribution in [0.25, 0.3) is 0 Å². The number of hydrogen-bond donors (Lipinski definition) is 1. The molecule has 0 aromatic rings. The molecular formula is C6H7N2O3. The Bertz CT molecular complexity index is 236. The van der Waals surface area contributed by atoms with E-state index in [0.29, 0.717) is 4.90 Å². The highest BCUT2D eigenvalue weighted by molar-refractivity contribution is 6.15. The molecule has 0 aliphatic carbocycles. The summed E-state index contributed by atoms with van der Waals surface area (Å²) in [6.45, 7) is 3.38. The molecule has 1 radical (unpaired) electrons. The third-order valence-corrected chi connectivity index (χ3v) is 1.46. The third kappa shape index (κ3) is 1.09. The molecular weight excluding hydrogens is 148 g/mol. The molecule has 0 spiro atoms. The third-order valence-electron chi connectivity index (χ3n) is 1.46. The summed E-state index contributed by atoms with van der Waals surface area (Å²) in [5, 5.41) is 0. The largest absolute Gasteiger partial charge is 0.351 e. The van der Waals surface area contributed by atoms with E-state index in [4.69, 9.17) is 5.73 Å². The first kappa shape index (κ1) is 7.71. The first-order chi connectivity index (χ1) is 5.04. The Hall–Kier alpha value is -1.39. The van der Waals surface area contributed by atoms with Crippen LogP contribution in [0, 0.1) is 12.8 Å². The number of amides is 4. The van der Waals surface area contributed by atoms with Gasteiger partial charge in [0.2, 0.25) is 11.8 Å². The van der Waals surface area contributed by atoms with E-state index in [1.165, 1.54) is 0 Å². The number of likely N-dealkylation sites (tertiary alicyclic amines) is 1. The Labute approximate surface area is 63.1 Å². The molecule has 1 aliphatic heterocycles. The van der Waals surface area contributed by atoms with Gasteiger partial charge in [0.25, 0.3) is 0 Å². The van der Waals surface area contributed by atoms with Gasteiger partial charge in [0.1, 0.15) is 0 Å². The summed E-state index contributed by atoms with van der Waals surface area (Å²) >= 11 is 0. The monoisotopic (exact) mass is 155 g/mol. The van der Waals surface area contributed by atoms with E-state index in [1.54, 1.807) is 0 Å². The second-order valence-corrected chi connectivity index (χ2v) is 2.31. The summed E-state index contributed by atoms with van der Waals surface area (Å²) in [6.07, 6.45) is -0.0260. The summed E-state index contributed by atoms with van der Waals surface area (Å²) < 4.78 is 0. The van der Waals surface area contributed by atoms with Gasteiger partial charge in [-0.3, -0.25) is 9.59 Å². The molecule has 1 saturated heterocycles. The molecule has 11 heavy (non-hydrogen) atoms. The summed E-state index contributed by atoms with van der Waals surface area (Å²) in [4.78, 5) is 32.6. The number of nitrogens with two attached hydrogens (primary N) is 1. The minimum atomic E-state index is -1.02. The van der Waals surface area contributed by atoms with Crippen LogP contribution in [0.2, 0.25) is 0 Å². The minimum absolute atomic E-state index is 0.0260. The van der Waals surface area contributed by atoms with Crippen molar-refractivity contribution in [2.45, 2.75) is 6.42 Å². The molecule has 59 valence electrons. The Balaban J connectivity index is 2.88. The van der Waals surface area contributed by atoms with Gasteiger partial charge in [-0.2, -0.15) is 0 Å². The van der Waals surface area contributed by atoms with Crippen molar-refractivity contribution in [1.82, 2.24) is 4.90 Å². The standard InChI is InChI=1S/C6H7N2O3/c1-3-2-4(9)8(5(3)10)6(7)11/h3H,1-2H2,(H2,7,11)/t3-/m0/s1. The highest BCUT2D eigenvalue weighted by Gasteiger charge is 2.38. The van der Waals surface area contributed by atoms with Crippen LogP contribution < -0.4 is 5.73 Å². The summed E-state index contributed by atoms with van der Waals surface area (Å²) in [5.74, 6) is -1.83. The topological polar surface area (TPSA) is 80.5 Å². The lowest BCUT2D eigenvalue weighted by atomic mass is 10.1. The number of carbonyl (C=O) groups excluding carboxylic acids is 3. The second kappa shape index (κ2) is 2.34. The van der Waals surface area contributed by atoms with Crippen molar-refractivity contribution < 1.29 is 14.4 Å². The Kier molecular flexibility index (Phi) is 1.64. The van der Waals surface area contributed by atoms with Gasteiger partial charge < -0.3 is 5.73 Å². The van der Waals surface area contributed by atoms with E-state index >= 15 is 0 Å². The molecule has 1 atom stereocenters. The molecule has 5 heteroatoms. The molecule has 0 aromatic heterocycles. The van der Waals surface area contributed by atoms with Crippen molar-refractivity contribution in [3.8, 4) is 0 Å². The number of rotatable bonds is 0. The van der Waals surface area contributed by atoms with Gasteiger partial charge in [-0.05, 0) is 6.92 Å². The highest BCUT2D eigenvalue weighted by Crippen LogP contribution is 2.17. The minimum Gasteiger partial charge on any atom is -0.351 e. The second-order valence-electron chi connectivity index (χ2n) is 2.31. The zero-order valence-electron chi connectivity index (χ0n) is 5.74. The molecule has 1 heterocycles. The van der Waals surface area contributed by atoms with Gasteiger partial charge in [-0.25, -0.2) is 9.69 Å². The lowest BCUT2D eigenvalue weighted by Crippen LogP contribution is -2.40. The average molecular weight is 155 g/mol. The first-order valence-electron chi connectivity index (χ1n) is 3.03. The Morgan fingerprint density at radius 1 is 1.64 bits per heavy atom. The van der Waals surface area contributed by atoms with Crippen LogP contribution in [-0.4, -0.2) is 22.7 Å². The molecule has 0 saturated carbocycles. The maximum atomic E-state index is 10.9. The van der Waals surface area contributed by atoms with Crippen molar-refractivity contribution >= 4 is 17.8 Å². The van der Waals surface area contributed by atoms with Crippen molar-refractivity contribution in [2.24, 2.45) is 11.7 Å². The molecule has 2 N–H and O–H groups in total. The SMILES string of the molecule is [CH2][C@H]1CC(=O)N(C(N)=O)C1=O. The van der Waals surface area contributed by atoms with Crippen LogP contribution in [0.4, 0.5) is 4.79 Å². The Morgan fingerprint density at radius 3 is 2.36 bits per heavy atom. The van der Waals surface area contributed by atoms with E-state index in [0.717, 1.165) is 0 Å². The zero-order valence-corrected chi connectivity index (χ0v) is 5.74. The maximum absolute atomic E-state index is 10.9. The van der Waals surface area contributed by atoms with Gasteiger partial charge in [0, 0.05) is 12.3 Å². The number of carbonyl (C=O) groups is 3. The molecule has 0 aromatic carbocycles. The van der Waals surface area contributed by atoms with Crippen LogP contribution in [-0.2, 0) is 9.59 Å². The fraction of sp³-hybridized carbons (Fsp3) is 0.333. The van der Waals surface area contributed by atoms with Gasteiger partial charge >= 0.3 is 6.03 Å². The lowest BCUT2D eigenvalue weighted by Gasteiger charge is -2.06.